The highest BCUT2D eigenvalue weighted by molar-refractivity contribution is 14.0. The number of piperidine rings is 1. The maximum absolute atomic E-state index is 5.67. The summed E-state index contributed by atoms with van der Waals surface area (Å²) in [6, 6.07) is 3.94. The number of halogens is 1. The third-order valence-corrected chi connectivity index (χ3v) is 4.11. The third kappa shape index (κ3) is 6.43. The molecule has 6 nitrogen and oxygen atoms in total. The number of aromatic nitrogens is 1. The first kappa shape index (κ1) is 21.0. The third-order valence-electron chi connectivity index (χ3n) is 4.11. The molecule has 1 aliphatic heterocycles. The van der Waals surface area contributed by atoms with Gasteiger partial charge in [-0.2, -0.15) is 0 Å². The molecule has 0 aliphatic carbocycles. The summed E-state index contributed by atoms with van der Waals surface area (Å²) >= 11 is 0. The van der Waals surface area contributed by atoms with E-state index in [2.05, 4.69) is 27.1 Å². The molecule has 0 radical (unpaired) electrons. The maximum Gasteiger partial charge on any atom is 0.218 e. The van der Waals surface area contributed by atoms with E-state index in [0.29, 0.717) is 25.6 Å². The molecule has 0 atom stereocenters. The summed E-state index contributed by atoms with van der Waals surface area (Å²) in [6.07, 6.45) is 4.18. The van der Waals surface area contributed by atoms with Gasteiger partial charge in [-0.15, -0.1) is 24.0 Å². The first-order chi connectivity index (χ1) is 11.2. The molecule has 1 aromatic rings. The molecular weight excluding hydrogens is 419 g/mol. The minimum absolute atomic E-state index is 0. The number of hydrogen-bond donors (Lipinski definition) is 1. The van der Waals surface area contributed by atoms with E-state index in [4.69, 9.17) is 9.47 Å². The van der Waals surface area contributed by atoms with Gasteiger partial charge in [-0.3, -0.25) is 4.99 Å². The molecule has 1 N–H and O–H groups in total. The van der Waals surface area contributed by atoms with Crippen LogP contribution in [0.2, 0.25) is 0 Å². The van der Waals surface area contributed by atoms with E-state index in [1.807, 2.05) is 19.2 Å². The molecule has 0 bridgehead atoms. The Labute approximate surface area is 162 Å². The molecule has 1 saturated heterocycles. The van der Waals surface area contributed by atoms with E-state index >= 15 is 0 Å². The number of nitrogens with one attached hydrogen (secondary N) is 1. The number of ether oxygens (including phenoxy) is 2. The predicted octanol–water partition coefficient (Wildman–Crippen LogP) is 2.53. The van der Waals surface area contributed by atoms with Gasteiger partial charge in [-0.1, -0.05) is 13.0 Å². The second kappa shape index (κ2) is 11.5. The normalized spacial score (nSPS) is 15.8. The van der Waals surface area contributed by atoms with E-state index in [-0.39, 0.29) is 24.0 Å². The minimum atomic E-state index is 0. The van der Waals surface area contributed by atoms with E-state index in [1.54, 1.807) is 13.3 Å². The van der Waals surface area contributed by atoms with Crippen molar-refractivity contribution in [2.45, 2.75) is 26.3 Å². The summed E-state index contributed by atoms with van der Waals surface area (Å²) in [5.41, 5.74) is 1.02. The molecule has 136 valence electrons. The van der Waals surface area contributed by atoms with Gasteiger partial charge in [0.15, 0.2) is 5.96 Å². The van der Waals surface area contributed by atoms with Crippen LogP contribution in [0.25, 0.3) is 0 Å². The number of guanidine groups is 1. The molecule has 0 unspecified atom stereocenters. The Morgan fingerprint density at radius 1 is 1.38 bits per heavy atom. The van der Waals surface area contributed by atoms with Crippen molar-refractivity contribution >= 4 is 29.9 Å². The van der Waals surface area contributed by atoms with Crippen molar-refractivity contribution in [3.8, 4) is 5.88 Å². The molecule has 1 aromatic heterocycles. The number of likely N-dealkylation sites (tertiary alicyclic amines) is 1. The summed E-state index contributed by atoms with van der Waals surface area (Å²) in [4.78, 5) is 11.0. The first-order valence-corrected chi connectivity index (χ1v) is 8.25. The van der Waals surface area contributed by atoms with Crippen molar-refractivity contribution in [1.29, 1.82) is 0 Å². The molecular formula is C17H29IN4O2. The molecule has 2 rings (SSSR count). The predicted molar refractivity (Wildman–Crippen MR) is 107 cm³/mol. The maximum atomic E-state index is 5.67. The zero-order valence-corrected chi connectivity index (χ0v) is 17.2. The molecule has 0 aromatic carbocycles. The quantitative estimate of drug-likeness (QED) is 0.314. The Morgan fingerprint density at radius 3 is 2.79 bits per heavy atom. The number of pyridine rings is 1. The number of methoxy groups -OCH3 is 1. The average molecular weight is 448 g/mol. The fraction of sp³-hybridized carbons (Fsp3) is 0.647. The summed E-state index contributed by atoms with van der Waals surface area (Å²) in [5.74, 6) is 2.41. The SMILES string of the molecule is CN=C(NCc1cccnc1OCCOC)N1CCC(C)CC1.I. The van der Waals surface area contributed by atoms with Gasteiger partial charge in [0, 0.05) is 45.6 Å². The lowest BCUT2D eigenvalue weighted by Gasteiger charge is -2.33. The van der Waals surface area contributed by atoms with Gasteiger partial charge < -0.3 is 19.7 Å². The molecule has 1 fully saturated rings. The summed E-state index contributed by atoms with van der Waals surface area (Å²) < 4.78 is 10.7. The van der Waals surface area contributed by atoms with E-state index in [0.717, 1.165) is 30.5 Å². The fourth-order valence-electron chi connectivity index (χ4n) is 2.64. The number of aliphatic imine (C=N–C) groups is 1. The standard InChI is InChI=1S/C17H28N4O2.HI/c1-14-6-9-21(10-7-14)17(18-2)20-13-15-5-4-8-19-16(15)23-12-11-22-3;/h4-5,8,14H,6-7,9-13H2,1-3H3,(H,18,20);1H. The van der Waals surface area contributed by atoms with E-state index in [9.17, 15) is 0 Å². The van der Waals surface area contributed by atoms with Crippen molar-refractivity contribution in [2.75, 3.05) is 40.5 Å². The van der Waals surface area contributed by atoms with Crippen molar-refractivity contribution in [3.63, 3.8) is 0 Å². The summed E-state index contributed by atoms with van der Waals surface area (Å²) in [6.45, 7) is 6.13. The Balaban J connectivity index is 0.00000288. The second-order valence-electron chi connectivity index (χ2n) is 5.88. The van der Waals surface area contributed by atoms with Crippen molar-refractivity contribution in [1.82, 2.24) is 15.2 Å². The van der Waals surface area contributed by atoms with Crippen LogP contribution in [-0.4, -0.2) is 56.3 Å². The van der Waals surface area contributed by atoms with Gasteiger partial charge in [0.2, 0.25) is 5.88 Å². The number of hydrogen-bond acceptors (Lipinski definition) is 4. The van der Waals surface area contributed by atoms with Gasteiger partial charge in [0.1, 0.15) is 6.61 Å². The van der Waals surface area contributed by atoms with Crippen LogP contribution in [-0.2, 0) is 11.3 Å². The smallest absolute Gasteiger partial charge is 0.218 e. The highest BCUT2D eigenvalue weighted by Gasteiger charge is 2.18. The molecule has 2 heterocycles. The van der Waals surface area contributed by atoms with Crippen LogP contribution in [0, 0.1) is 5.92 Å². The Kier molecular flexibility index (Phi) is 10.0. The largest absolute Gasteiger partial charge is 0.475 e. The molecule has 0 saturated carbocycles. The van der Waals surface area contributed by atoms with Gasteiger partial charge in [-0.25, -0.2) is 4.98 Å². The molecule has 1 aliphatic rings. The molecule has 24 heavy (non-hydrogen) atoms. The average Bonchev–Trinajstić information content (AvgIpc) is 2.58. The highest BCUT2D eigenvalue weighted by atomic mass is 127. The van der Waals surface area contributed by atoms with Crippen molar-refractivity contribution < 1.29 is 9.47 Å². The lowest BCUT2D eigenvalue weighted by atomic mass is 10.00. The zero-order chi connectivity index (χ0) is 16.5. The van der Waals surface area contributed by atoms with E-state index in [1.165, 1.54) is 12.8 Å². The van der Waals surface area contributed by atoms with Crippen LogP contribution >= 0.6 is 24.0 Å². The van der Waals surface area contributed by atoms with E-state index < -0.39 is 0 Å². The monoisotopic (exact) mass is 448 g/mol. The Morgan fingerprint density at radius 2 is 2.12 bits per heavy atom. The summed E-state index contributed by atoms with van der Waals surface area (Å²) in [5, 5.41) is 3.43. The zero-order valence-electron chi connectivity index (χ0n) is 14.8. The topological polar surface area (TPSA) is 59.0 Å². The Bertz CT molecular complexity index is 505. The van der Waals surface area contributed by atoms with Gasteiger partial charge in [-0.05, 0) is 24.8 Å². The fourth-order valence-corrected chi connectivity index (χ4v) is 2.64. The first-order valence-electron chi connectivity index (χ1n) is 8.25. The van der Waals surface area contributed by atoms with Gasteiger partial charge >= 0.3 is 0 Å². The van der Waals surface area contributed by atoms with Crippen LogP contribution < -0.4 is 10.1 Å². The van der Waals surface area contributed by atoms with Crippen LogP contribution in [0.1, 0.15) is 25.3 Å². The summed E-state index contributed by atoms with van der Waals surface area (Å²) in [7, 11) is 3.49. The second-order valence-corrected chi connectivity index (χ2v) is 5.88. The van der Waals surface area contributed by atoms with Crippen LogP contribution in [0.4, 0.5) is 0 Å². The van der Waals surface area contributed by atoms with Crippen molar-refractivity contribution in [2.24, 2.45) is 10.9 Å². The van der Waals surface area contributed by atoms with Gasteiger partial charge in [0.05, 0.1) is 6.61 Å². The van der Waals surface area contributed by atoms with Gasteiger partial charge in [0.25, 0.3) is 0 Å². The number of rotatable bonds is 6. The lowest BCUT2D eigenvalue weighted by Crippen LogP contribution is -2.45. The van der Waals surface area contributed by atoms with Crippen LogP contribution in [0.5, 0.6) is 5.88 Å². The molecule has 7 heteroatoms. The minimum Gasteiger partial charge on any atom is -0.475 e. The highest BCUT2D eigenvalue weighted by Crippen LogP contribution is 2.17. The van der Waals surface area contributed by atoms with Crippen LogP contribution in [0.3, 0.4) is 0 Å². The Hall–Kier alpha value is -1.09. The molecule has 0 amide bonds. The molecule has 0 spiro atoms. The lowest BCUT2D eigenvalue weighted by molar-refractivity contribution is 0.143. The van der Waals surface area contributed by atoms with Crippen LogP contribution in [0.15, 0.2) is 23.3 Å². The van der Waals surface area contributed by atoms with Crippen molar-refractivity contribution in [3.05, 3.63) is 23.9 Å². The number of nitrogens with zero attached hydrogens (tertiary/aromatic N) is 3.